The normalized spacial score (nSPS) is 19.7. The van der Waals surface area contributed by atoms with Crippen LogP contribution in [-0.4, -0.2) is 10.0 Å². The van der Waals surface area contributed by atoms with Gasteiger partial charge in [-0.25, -0.2) is 4.98 Å². The van der Waals surface area contributed by atoms with Crippen LogP contribution in [-0.2, 0) is 16.3 Å². The van der Waals surface area contributed by atoms with Crippen molar-refractivity contribution in [3.05, 3.63) is 40.8 Å². The minimum Gasteiger partial charge on any atom is -0.435 e. The summed E-state index contributed by atoms with van der Waals surface area (Å²) in [4.78, 5) is 6.65. The number of oxazole rings is 1. The summed E-state index contributed by atoms with van der Waals surface area (Å²) in [5, 5.41) is 13.7. The molecule has 1 aliphatic heterocycles. The van der Waals surface area contributed by atoms with Gasteiger partial charge in [0.1, 0.15) is 5.52 Å². The fourth-order valence-corrected chi connectivity index (χ4v) is 4.61. The topological polar surface area (TPSA) is 49.2 Å². The Morgan fingerprint density at radius 2 is 1.86 bits per heavy atom. The third-order valence-corrected chi connectivity index (χ3v) is 5.90. The number of hydrogen-bond acceptors (Lipinski definition) is 4. The van der Waals surface area contributed by atoms with E-state index >= 15 is 0 Å². The van der Waals surface area contributed by atoms with Crippen molar-refractivity contribution in [3.63, 3.8) is 0 Å². The predicted octanol–water partition coefficient (Wildman–Crippen LogP) is 4.69. The van der Waals surface area contributed by atoms with E-state index in [0.29, 0.717) is 5.89 Å². The number of nitrogens with zero attached hydrogens (tertiary/aromatic N) is 2. The second-order valence-electron chi connectivity index (χ2n) is 6.75. The van der Waals surface area contributed by atoms with E-state index in [4.69, 9.17) is 4.42 Å². The number of rotatable bonds is 1. The average molecular weight is 313 g/mol. The number of hydrogen-bond donors (Lipinski definition) is 0. The van der Waals surface area contributed by atoms with Crippen molar-refractivity contribution in [2.75, 3.05) is 0 Å². The Kier molecular flexibility index (Phi) is 2.65. The Hall–Kier alpha value is -1.69. The van der Waals surface area contributed by atoms with Gasteiger partial charge < -0.3 is 4.42 Å². The van der Waals surface area contributed by atoms with Gasteiger partial charge in [0.25, 0.3) is 0 Å². The molecule has 22 heavy (non-hydrogen) atoms. The third kappa shape index (κ3) is 1.67. The molecule has 3 aromatic rings. The number of benzene rings is 1. The molecule has 113 valence electrons. The molecule has 4 rings (SSSR count). The quantitative estimate of drug-likeness (QED) is 0.655. The lowest BCUT2D eigenvalue weighted by molar-refractivity contribution is -0.265. The number of para-hydroxylation sites is 2. The molecule has 0 N–H and O–H groups in total. The van der Waals surface area contributed by atoms with E-state index in [1.807, 2.05) is 52.0 Å². The first-order valence-corrected chi connectivity index (χ1v) is 8.11. The minimum absolute atomic E-state index is 0.520. The molecular formula is C17H17N2O2S. The van der Waals surface area contributed by atoms with Crippen molar-refractivity contribution < 1.29 is 9.62 Å². The van der Waals surface area contributed by atoms with E-state index in [1.54, 1.807) is 11.3 Å². The van der Waals surface area contributed by atoms with Crippen LogP contribution < -0.4 is 0 Å². The number of hydroxylamine groups is 2. The summed E-state index contributed by atoms with van der Waals surface area (Å²) < 4.78 is 5.86. The van der Waals surface area contributed by atoms with Crippen LogP contribution in [0.25, 0.3) is 21.9 Å². The van der Waals surface area contributed by atoms with Crippen LogP contribution in [0.2, 0.25) is 0 Å². The van der Waals surface area contributed by atoms with Gasteiger partial charge in [-0.15, -0.1) is 21.6 Å². The van der Waals surface area contributed by atoms with Gasteiger partial charge in [0, 0.05) is 4.88 Å². The molecule has 0 bridgehead atoms. The van der Waals surface area contributed by atoms with E-state index in [-0.39, 0.29) is 0 Å². The molecule has 0 amide bonds. The summed E-state index contributed by atoms with van der Waals surface area (Å²) in [6.45, 7) is 7.88. The first-order chi connectivity index (χ1) is 10.3. The Bertz CT molecular complexity index is 809. The molecule has 4 nitrogen and oxygen atoms in total. The van der Waals surface area contributed by atoms with Crippen LogP contribution >= 0.6 is 11.3 Å². The first kappa shape index (κ1) is 13.9. The summed E-state index contributed by atoms with van der Waals surface area (Å²) in [7, 11) is 0. The predicted molar refractivity (Wildman–Crippen MR) is 85.9 cm³/mol. The number of aromatic nitrogens is 1. The zero-order valence-electron chi connectivity index (χ0n) is 13.0. The summed E-state index contributed by atoms with van der Waals surface area (Å²) in [5.41, 5.74) is 1.67. The van der Waals surface area contributed by atoms with Crippen molar-refractivity contribution in [3.8, 4) is 10.8 Å². The maximum Gasteiger partial charge on any atom is 0.237 e. The van der Waals surface area contributed by atoms with Crippen molar-refractivity contribution in [2.45, 2.75) is 38.8 Å². The van der Waals surface area contributed by atoms with E-state index in [9.17, 15) is 5.21 Å². The second-order valence-corrected chi connectivity index (χ2v) is 7.80. The highest BCUT2D eigenvalue weighted by Gasteiger charge is 2.51. The van der Waals surface area contributed by atoms with Crippen LogP contribution in [0.5, 0.6) is 0 Å². The smallest absolute Gasteiger partial charge is 0.237 e. The van der Waals surface area contributed by atoms with Crippen molar-refractivity contribution in [1.82, 2.24) is 10.0 Å². The Morgan fingerprint density at radius 1 is 1.14 bits per heavy atom. The lowest BCUT2D eigenvalue weighted by Gasteiger charge is -2.32. The molecule has 0 unspecified atom stereocenters. The minimum atomic E-state index is -0.528. The van der Waals surface area contributed by atoms with E-state index < -0.39 is 11.1 Å². The standard InChI is InChI=1S/C17H17N2O2S/c1-16(2)10-9-13(22-14(10)17(3,4)19(16)20)15-18-11-7-5-6-8-12(11)21-15/h5-9H,1-4H3. The summed E-state index contributed by atoms with van der Waals surface area (Å²) in [5.74, 6) is 0.629. The molecule has 0 spiro atoms. The molecule has 1 aromatic carbocycles. The molecular weight excluding hydrogens is 296 g/mol. The van der Waals surface area contributed by atoms with Gasteiger partial charge in [0.2, 0.25) is 5.89 Å². The maximum absolute atomic E-state index is 12.5. The Morgan fingerprint density at radius 3 is 2.55 bits per heavy atom. The van der Waals surface area contributed by atoms with Gasteiger partial charge >= 0.3 is 0 Å². The van der Waals surface area contributed by atoms with Crippen molar-refractivity contribution in [1.29, 1.82) is 0 Å². The molecule has 0 saturated heterocycles. The summed E-state index contributed by atoms with van der Waals surface area (Å²) in [6.07, 6.45) is 0. The Balaban J connectivity index is 1.88. The van der Waals surface area contributed by atoms with Gasteiger partial charge in [0.15, 0.2) is 5.58 Å². The third-order valence-electron chi connectivity index (χ3n) is 4.47. The van der Waals surface area contributed by atoms with Crippen LogP contribution in [0.15, 0.2) is 34.7 Å². The molecule has 1 aliphatic rings. The molecule has 0 aliphatic carbocycles. The SMILES string of the molecule is CC1(C)c2cc(-c3nc4ccccc4o3)sc2C(C)(C)N1[O]. The molecule has 1 radical (unpaired) electrons. The van der Waals surface area contributed by atoms with Crippen LogP contribution in [0.1, 0.15) is 38.1 Å². The molecule has 0 fully saturated rings. The first-order valence-electron chi connectivity index (χ1n) is 7.30. The average Bonchev–Trinajstić information content (AvgIpc) is 3.12. The lowest BCUT2D eigenvalue weighted by Crippen LogP contribution is -2.41. The van der Waals surface area contributed by atoms with Crippen LogP contribution in [0, 0.1) is 0 Å². The zero-order valence-corrected chi connectivity index (χ0v) is 13.8. The highest BCUT2D eigenvalue weighted by atomic mass is 32.1. The Labute approximate surface area is 133 Å². The molecule has 0 atom stereocenters. The summed E-state index contributed by atoms with van der Waals surface area (Å²) >= 11 is 1.61. The van der Waals surface area contributed by atoms with Gasteiger partial charge in [-0.2, -0.15) is 0 Å². The fraction of sp³-hybridized carbons (Fsp3) is 0.353. The van der Waals surface area contributed by atoms with Crippen molar-refractivity contribution >= 4 is 22.4 Å². The zero-order chi connectivity index (χ0) is 15.7. The number of thiophene rings is 1. The maximum atomic E-state index is 12.5. The van der Waals surface area contributed by atoms with Crippen molar-refractivity contribution in [2.24, 2.45) is 0 Å². The largest absolute Gasteiger partial charge is 0.435 e. The second kappa shape index (κ2) is 4.19. The van der Waals surface area contributed by atoms with Gasteiger partial charge in [0.05, 0.1) is 16.0 Å². The van der Waals surface area contributed by atoms with Gasteiger partial charge in [-0.3, -0.25) is 0 Å². The molecule has 2 aromatic heterocycles. The van der Waals surface area contributed by atoms with Crippen LogP contribution in [0.3, 0.4) is 0 Å². The van der Waals surface area contributed by atoms with E-state index in [1.165, 1.54) is 5.06 Å². The number of fused-ring (bicyclic) bond motifs is 2. The van der Waals surface area contributed by atoms with E-state index in [0.717, 1.165) is 26.4 Å². The van der Waals surface area contributed by atoms with Gasteiger partial charge in [-0.05, 0) is 51.5 Å². The lowest BCUT2D eigenvalue weighted by atomic mass is 9.98. The highest BCUT2D eigenvalue weighted by Crippen LogP contribution is 2.53. The fourth-order valence-electron chi connectivity index (χ4n) is 3.28. The summed E-state index contributed by atoms with van der Waals surface area (Å²) in [6, 6.07) is 9.80. The van der Waals surface area contributed by atoms with Gasteiger partial charge in [-0.1, -0.05) is 12.1 Å². The van der Waals surface area contributed by atoms with Crippen LogP contribution in [0.4, 0.5) is 0 Å². The molecule has 0 saturated carbocycles. The molecule has 5 heteroatoms. The molecule has 3 heterocycles. The highest BCUT2D eigenvalue weighted by molar-refractivity contribution is 7.15. The monoisotopic (exact) mass is 313 g/mol. The van der Waals surface area contributed by atoms with E-state index in [2.05, 4.69) is 11.1 Å².